The number of nitrogens with zero attached hydrogens (tertiary/aromatic N) is 3. The second-order valence-corrected chi connectivity index (χ2v) is 9.06. The molecule has 0 radical (unpaired) electrons. The van der Waals surface area contributed by atoms with E-state index in [0.29, 0.717) is 49.5 Å². The van der Waals surface area contributed by atoms with Crippen LogP contribution in [0.2, 0.25) is 0 Å². The maximum atomic E-state index is 13.6. The number of aliphatic imine (C=N–C) groups is 1. The Morgan fingerprint density at radius 2 is 1.90 bits per heavy atom. The molecule has 0 aromatic heterocycles. The van der Waals surface area contributed by atoms with Gasteiger partial charge in [0.05, 0.1) is 18.4 Å². The SMILES string of the molecule is Cc1ccc2c(c1)C(=O)CC1(CCN(C(=O)C3(C)CC(=O)N=C4C=CC=CN43)CC1)O2. The number of ketones is 1. The molecule has 1 fully saturated rings. The Balaban J connectivity index is 1.33. The van der Waals surface area contributed by atoms with Crippen LogP contribution in [-0.2, 0) is 9.59 Å². The standard InChI is InChI=1S/C24H25N3O4/c1-16-6-7-19-17(13-16)18(28)14-24(31-19)8-11-26(12-9-24)22(30)23(2)15-21(29)25-20-5-3-4-10-27(20)23/h3-7,10,13H,8-9,11-12,14-15H2,1-2H3. The van der Waals surface area contributed by atoms with Gasteiger partial charge in [-0.3, -0.25) is 14.4 Å². The lowest BCUT2D eigenvalue weighted by Crippen LogP contribution is -2.63. The van der Waals surface area contributed by atoms with E-state index in [1.807, 2.05) is 31.2 Å². The Hall–Kier alpha value is -3.22. The minimum absolute atomic E-state index is 0.0386. The van der Waals surface area contributed by atoms with E-state index in [4.69, 9.17) is 4.74 Å². The third kappa shape index (κ3) is 3.19. The van der Waals surface area contributed by atoms with E-state index in [0.717, 1.165) is 5.56 Å². The molecule has 0 N–H and O–H groups in total. The van der Waals surface area contributed by atoms with Gasteiger partial charge >= 0.3 is 0 Å². The minimum Gasteiger partial charge on any atom is -0.486 e. The fourth-order valence-corrected chi connectivity index (χ4v) is 5.01. The van der Waals surface area contributed by atoms with Gasteiger partial charge in [0.25, 0.3) is 5.91 Å². The van der Waals surface area contributed by atoms with Crippen molar-refractivity contribution >= 4 is 23.4 Å². The number of benzene rings is 1. The quantitative estimate of drug-likeness (QED) is 0.699. The number of carbonyl (C=O) groups excluding carboxylic acids is 3. The summed E-state index contributed by atoms with van der Waals surface area (Å²) in [5.74, 6) is 0.847. The number of aryl methyl sites for hydroxylation is 1. The zero-order valence-corrected chi connectivity index (χ0v) is 17.8. The maximum Gasteiger partial charge on any atom is 0.250 e. The van der Waals surface area contributed by atoms with Gasteiger partial charge in [0, 0.05) is 32.1 Å². The third-order valence-corrected chi connectivity index (χ3v) is 6.77. The molecule has 7 heteroatoms. The van der Waals surface area contributed by atoms with Gasteiger partial charge in [-0.05, 0) is 38.1 Å². The average molecular weight is 419 g/mol. The van der Waals surface area contributed by atoms with Crippen LogP contribution < -0.4 is 4.74 Å². The van der Waals surface area contributed by atoms with Crippen molar-refractivity contribution in [3.8, 4) is 5.75 Å². The number of likely N-dealkylation sites (tertiary alicyclic amines) is 1. The highest BCUT2D eigenvalue weighted by atomic mass is 16.5. The second kappa shape index (κ2) is 6.90. The molecule has 0 saturated carbocycles. The number of carbonyl (C=O) groups is 3. The van der Waals surface area contributed by atoms with Crippen LogP contribution in [0.4, 0.5) is 0 Å². The average Bonchev–Trinajstić information content (AvgIpc) is 2.74. The Morgan fingerprint density at radius 1 is 1.13 bits per heavy atom. The Labute approximate surface area is 181 Å². The van der Waals surface area contributed by atoms with Crippen molar-refractivity contribution in [2.45, 2.75) is 50.7 Å². The van der Waals surface area contributed by atoms with Crippen molar-refractivity contribution in [3.05, 3.63) is 53.8 Å². The predicted octanol–water partition coefficient (Wildman–Crippen LogP) is 2.79. The van der Waals surface area contributed by atoms with Gasteiger partial charge in [-0.2, -0.15) is 4.99 Å². The second-order valence-electron chi connectivity index (χ2n) is 9.06. The van der Waals surface area contributed by atoms with Crippen LogP contribution >= 0.6 is 0 Å². The molecular formula is C24H25N3O4. The molecule has 1 spiro atoms. The van der Waals surface area contributed by atoms with Gasteiger partial charge in [-0.1, -0.05) is 17.7 Å². The molecule has 7 nitrogen and oxygen atoms in total. The number of amides is 2. The first kappa shape index (κ1) is 19.7. The molecule has 4 aliphatic heterocycles. The largest absolute Gasteiger partial charge is 0.486 e. The lowest BCUT2D eigenvalue weighted by atomic mass is 9.81. The molecule has 0 bridgehead atoms. The molecule has 5 rings (SSSR count). The number of piperidine rings is 1. The van der Waals surface area contributed by atoms with Crippen LogP contribution in [0, 0.1) is 6.92 Å². The first-order chi connectivity index (χ1) is 14.8. The van der Waals surface area contributed by atoms with E-state index in [-0.39, 0.29) is 24.0 Å². The highest BCUT2D eigenvalue weighted by Crippen LogP contribution is 2.40. The van der Waals surface area contributed by atoms with Gasteiger partial charge in [0.1, 0.15) is 22.7 Å². The lowest BCUT2D eigenvalue weighted by molar-refractivity contribution is -0.147. The zero-order valence-electron chi connectivity index (χ0n) is 17.8. The van der Waals surface area contributed by atoms with E-state index in [2.05, 4.69) is 4.99 Å². The monoisotopic (exact) mass is 419 g/mol. The number of Topliss-reactive ketones (excluding diaryl/α,β-unsaturated/α-hetero) is 1. The Kier molecular flexibility index (Phi) is 4.39. The molecule has 4 aliphatic rings. The number of allylic oxidation sites excluding steroid dienone is 2. The number of hydrogen-bond acceptors (Lipinski definition) is 5. The predicted molar refractivity (Wildman–Crippen MR) is 115 cm³/mol. The summed E-state index contributed by atoms with van der Waals surface area (Å²) in [4.78, 5) is 46.2. The van der Waals surface area contributed by atoms with Gasteiger partial charge in [-0.15, -0.1) is 0 Å². The van der Waals surface area contributed by atoms with E-state index in [9.17, 15) is 14.4 Å². The highest BCUT2D eigenvalue weighted by molar-refractivity contribution is 6.09. The molecule has 1 aromatic rings. The van der Waals surface area contributed by atoms with Crippen LogP contribution in [0.1, 0.15) is 48.5 Å². The number of amidine groups is 1. The van der Waals surface area contributed by atoms with Crippen LogP contribution in [0.15, 0.2) is 47.6 Å². The summed E-state index contributed by atoms with van der Waals surface area (Å²) < 4.78 is 6.32. The molecule has 1 atom stereocenters. The fourth-order valence-electron chi connectivity index (χ4n) is 5.01. The molecule has 1 unspecified atom stereocenters. The van der Waals surface area contributed by atoms with Gasteiger partial charge < -0.3 is 14.5 Å². The van der Waals surface area contributed by atoms with Gasteiger partial charge in [0.2, 0.25) is 5.91 Å². The molecule has 160 valence electrons. The van der Waals surface area contributed by atoms with E-state index >= 15 is 0 Å². The Bertz CT molecular complexity index is 1080. The highest BCUT2D eigenvalue weighted by Gasteiger charge is 2.50. The van der Waals surface area contributed by atoms with Crippen molar-refractivity contribution < 1.29 is 19.1 Å². The van der Waals surface area contributed by atoms with E-state index < -0.39 is 11.1 Å². The summed E-state index contributed by atoms with van der Waals surface area (Å²) in [6.07, 6.45) is 8.73. The van der Waals surface area contributed by atoms with Crippen LogP contribution in [-0.4, -0.2) is 57.5 Å². The summed E-state index contributed by atoms with van der Waals surface area (Å²) in [7, 11) is 0. The van der Waals surface area contributed by atoms with E-state index in [1.165, 1.54) is 0 Å². The fraction of sp³-hybridized carbons (Fsp3) is 0.417. The van der Waals surface area contributed by atoms with Crippen LogP contribution in [0.5, 0.6) is 5.75 Å². The van der Waals surface area contributed by atoms with Crippen LogP contribution in [0.25, 0.3) is 0 Å². The maximum absolute atomic E-state index is 13.6. The van der Waals surface area contributed by atoms with E-state index in [1.54, 1.807) is 35.1 Å². The molecule has 1 aromatic carbocycles. The zero-order chi connectivity index (χ0) is 21.8. The first-order valence-electron chi connectivity index (χ1n) is 10.7. The van der Waals surface area contributed by atoms with Crippen molar-refractivity contribution in [3.63, 3.8) is 0 Å². The summed E-state index contributed by atoms with van der Waals surface area (Å²) in [6, 6.07) is 5.70. The van der Waals surface area contributed by atoms with Crippen molar-refractivity contribution in [2.24, 2.45) is 4.99 Å². The molecule has 4 heterocycles. The molecule has 31 heavy (non-hydrogen) atoms. The number of fused-ring (bicyclic) bond motifs is 2. The van der Waals surface area contributed by atoms with Crippen LogP contribution in [0.3, 0.4) is 0 Å². The summed E-state index contributed by atoms with van der Waals surface area (Å²) in [6.45, 7) is 4.73. The van der Waals surface area contributed by atoms with Crippen molar-refractivity contribution in [2.75, 3.05) is 13.1 Å². The number of ether oxygens (including phenoxy) is 1. The normalized spacial score (nSPS) is 26.3. The summed E-state index contributed by atoms with van der Waals surface area (Å²) in [5.41, 5.74) is 0.105. The molecule has 2 amide bonds. The van der Waals surface area contributed by atoms with Gasteiger partial charge in [-0.25, -0.2) is 0 Å². The van der Waals surface area contributed by atoms with Crippen molar-refractivity contribution in [1.82, 2.24) is 9.80 Å². The summed E-state index contributed by atoms with van der Waals surface area (Å²) in [5, 5.41) is 0. The smallest absolute Gasteiger partial charge is 0.250 e. The Morgan fingerprint density at radius 3 is 2.68 bits per heavy atom. The number of hydrogen-bond donors (Lipinski definition) is 0. The lowest BCUT2D eigenvalue weighted by Gasteiger charge is -2.48. The number of rotatable bonds is 1. The van der Waals surface area contributed by atoms with Crippen molar-refractivity contribution in [1.29, 1.82) is 0 Å². The molecular weight excluding hydrogens is 394 g/mol. The summed E-state index contributed by atoms with van der Waals surface area (Å²) >= 11 is 0. The first-order valence-corrected chi connectivity index (χ1v) is 10.7. The van der Waals surface area contributed by atoms with Gasteiger partial charge in [0.15, 0.2) is 5.78 Å². The minimum atomic E-state index is -1.01. The molecule has 0 aliphatic carbocycles. The third-order valence-electron chi connectivity index (χ3n) is 6.77. The topological polar surface area (TPSA) is 79.3 Å². The molecule has 1 saturated heterocycles.